The monoisotopic (exact) mass is 447 g/mol. The maximum Gasteiger partial charge on any atom is 0.193 e. The summed E-state index contributed by atoms with van der Waals surface area (Å²) in [5.74, 6) is 1.54. The van der Waals surface area contributed by atoms with Crippen molar-refractivity contribution >= 4 is 29.9 Å². The van der Waals surface area contributed by atoms with E-state index in [0.717, 1.165) is 45.2 Å². The molecule has 1 N–H and O–H groups in total. The molecule has 1 aliphatic rings. The number of aliphatic imine (C=N–C) groups is 1. The van der Waals surface area contributed by atoms with Crippen molar-refractivity contribution in [3.8, 4) is 0 Å². The molecule has 0 spiro atoms. The van der Waals surface area contributed by atoms with Crippen molar-refractivity contribution < 1.29 is 9.47 Å². The molecule has 1 aromatic rings. The van der Waals surface area contributed by atoms with Gasteiger partial charge >= 0.3 is 0 Å². The molecule has 1 heterocycles. The summed E-state index contributed by atoms with van der Waals surface area (Å²) in [5.41, 5.74) is 1.23. The molecule has 2 rings (SSSR count). The van der Waals surface area contributed by atoms with Gasteiger partial charge in [0.15, 0.2) is 5.96 Å². The third kappa shape index (κ3) is 7.36. The van der Waals surface area contributed by atoms with Gasteiger partial charge in [-0.05, 0) is 18.9 Å². The minimum absolute atomic E-state index is 0. The van der Waals surface area contributed by atoms with E-state index < -0.39 is 0 Å². The molecular formula is C18H30IN3O2. The SMILES string of the molecule is CCOCCNC(=NC)N1CCC(COCc2ccccc2)C1.I. The van der Waals surface area contributed by atoms with Crippen LogP contribution >= 0.6 is 24.0 Å². The Balaban J connectivity index is 0.00000288. The van der Waals surface area contributed by atoms with Crippen molar-refractivity contribution in [3.63, 3.8) is 0 Å². The van der Waals surface area contributed by atoms with Crippen LogP contribution in [0.15, 0.2) is 35.3 Å². The Morgan fingerprint density at radius 1 is 1.29 bits per heavy atom. The number of hydrogen-bond donors (Lipinski definition) is 1. The van der Waals surface area contributed by atoms with Crippen LogP contribution in [0.5, 0.6) is 0 Å². The van der Waals surface area contributed by atoms with E-state index >= 15 is 0 Å². The molecule has 1 aromatic carbocycles. The first kappa shape index (κ1) is 21.2. The van der Waals surface area contributed by atoms with Gasteiger partial charge in [-0.15, -0.1) is 24.0 Å². The molecular weight excluding hydrogens is 417 g/mol. The highest BCUT2D eigenvalue weighted by atomic mass is 127. The summed E-state index contributed by atoms with van der Waals surface area (Å²) >= 11 is 0. The zero-order valence-electron chi connectivity index (χ0n) is 14.7. The van der Waals surface area contributed by atoms with Gasteiger partial charge < -0.3 is 19.7 Å². The molecule has 5 nitrogen and oxygen atoms in total. The quantitative estimate of drug-likeness (QED) is 0.288. The van der Waals surface area contributed by atoms with E-state index in [-0.39, 0.29) is 24.0 Å². The topological polar surface area (TPSA) is 46.1 Å². The van der Waals surface area contributed by atoms with Gasteiger partial charge in [-0.1, -0.05) is 30.3 Å². The number of ether oxygens (including phenoxy) is 2. The van der Waals surface area contributed by atoms with Crippen LogP contribution in [0.1, 0.15) is 18.9 Å². The van der Waals surface area contributed by atoms with E-state index in [1.807, 2.05) is 32.2 Å². The van der Waals surface area contributed by atoms with Crippen LogP contribution in [0.4, 0.5) is 0 Å². The molecule has 1 aliphatic heterocycles. The lowest BCUT2D eigenvalue weighted by atomic mass is 10.1. The fourth-order valence-electron chi connectivity index (χ4n) is 2.79. The van der Waals surface area contributed by atoms with Crippen molar-refractivity contribution in [2.75, 3.05) is 46.5 Å². The number of rotatable bonds is 8. The van der Waals surface area contributed by atoms with Crippen LogP contribution in [0.3, 0.4) is 0 Å². The second-order valence-corrected chi connectivity index (χ2v) is 5.77. The van der Waals surface area contributed by atoms with Gasteiger partial charge in [-0.3, -0.25) is 4.99 Å². The standard InChI is InChI=1S/C18H29N3O2.HI/c1-3-22-12-10-20-18(19-2)21-11-9-17(13-21)15-23-14-16-7-5-4-6-8-16;/h4-8,17H,3,9-15H2,1-2H3,(H,19,20);1H. The smallest absolute Gasteiger partial charge is 0.193 e. The van der Waals surface area contributed by atoms with Gasteiger partial charge in [-0.25, -0.2) is 0 Å². The Hall–Kier alpha value is -0.860. The van der Waals surface area contributed by atoms with Gasteiger partial charge in [0.2, 0.25) is 0 Å². The average molecular weight is 447 g/mol. The summed E-state index contributed by atoms with van der Waals surface area (Å²) in [5, 5.41) is 3.36. The highest BCUT2D eigenvalue weighted by molar-refractivity contribution is 14.0. The Bertz CT molecular complexity index is 471. The van der Waals surface area contributed by atoms with Crippen molar-refractivity contribution in [2.45, 2.75) is 20.0 Å². The number of halogens is 1. The number of nitrogens with one attached hydrogen (secondary N) is 1. The lowest BCUT2D eigenvalue weighted by Crippen LogP contribution is -2.41. The van der Waals surface area contributed by atoms with Crippen LogP contribution in [-0.2, 0) is 16.1 Å². The Kier molecular flexibility index (Phi) is 11.0. The molecule has 0 radical (unpaired) electrons. The van der Waals surface area contributed by atoms with E-state index in [2.05, 4.69) is 27.3 Å². The molecule has 136 valence electrons. The van der Waals surface area contributed by atoms with Crippen molar-refractivity contribution in [2.24, 2.45) is 10.9 Å². The van der Waals surface area contributed by atoms with Gasteiger partial charge in [0.1, 0.15) is 0 Å². The Morgan fingerprint density at radius 2 is 2.08 bits per heavy atom. The summed E-state index contributed by atoms with van der Waals surface area (Å²) in [6.45, 7) is 7.82. The summed E-state index contributed by atoms with van der Waals surface area (Å²) in [6.07, 6.45) is 1.15. The van der Waals surface area contributed by atoms with Crippen LogP contribution in [0, 0.1) is 5.92 Å². The Morgan fingerprint density at radius 3 is 2.79 bits per heavy atom. The van der Waals surface area contributed by atoms with Crippen LogP contribution in [0.2, 0.25) is 0 Å². The molecule has 1 unspecified atom stereocenters. The molecule has 24 heavy (non-hydrogen) atoms. The minimum Gasteiger partial charge on any atom is -0.380 e. The van der Waals surface area contributed by atoms with E-state index in [1.165, 1.54) is 5.56 Å². The first-order valence-electron chi connectivity index (χ1n) is 8.48. The lowest BCUT2D eigenvalue weighted by Gasteiger charge is -2.21. The molecule has 1 atom stereocenters. The maximum absolute atomic E-state index is 5.87. The van der Waals surface area contributed by atoms with Crippen molar-refractivity contribution in [3.05, 3.63) is 35.9 Å². The van der Waals surface area contributed by atoms with Crippen LogP contribution in [-0.4, -0.2) is 57.4 Å². The molecule has 0 bridgehead atoms. The zero-order chi connectivity index (χ0) is 16.3. The van der Waals surface area contributed by atoms with E-state index in [1.54, 1.807) is 0 Å². The molecule has 6 heteroatoms. The lowest BCUT2D eigenvalue weighted by molar-refractivity contribution is 0.0906. The van der Waals surface area contributed by atoms with Crippen LogP contribution < -0.4 is 5.32 Å². The normalized spacial score (nSPS) is 17.7. The van der Waals surface area contributed by atoms with Gasteiger partial charge in [0.05, 0.1) is 19.8 Å². The fraction of sp³-hybridized carbons (Fsp3) is 0.611. The average Bonchev–Trinajstić information content (AvgIpc) is 3.05. The first-order valence-corrected chi connectivity index (χ1v) is 8.48. The fourth-order valence-corrected chi connectivity index (χ4v) is 2.79. The van der Waals surface area contributed by atoms with E-state index in [9.17, 15) is 0 Å². The second kappa shape index (κ2) is 12.5. The molecule has 1 fully saturated rings. The highest BCUT2D eigenvalue weighted by Gasteiger charge is 2.24. The van der Waals surface area contributed by atoms with Crippen molar-refractivity contribution in [1.29, 1.82) is 0 Å². The number of nitrogens with zero attached hydrogens (tertiary/aromatic N) is 2. The minimum atomic E-state index is 0. The summed E-state index contributed by atoms with van der Waals surface area (Å²) in [6, 6.07) is 10.3. The number of hydrogen-bond acceptors (Lipinski definition) is 3. The predicted molar refractivity (Wildman–Crippen MR) is 109 cm³/mol. The molecule has 0 aromatic heterocycles. The highest BCUT2D eigenvalue weighted by Crippen LogP contribution is 2.17. The third-order valence-electron chi connectivity index (χ3n) is 4.00. The number of guanidine groups is 1. The zero-order valence-corrected chi connectivity index (χ0v) is 17.1. The maximum atomic E-state index is 5.87. The van der Waals surface area contributed by atoms with E-state index in [0.29, 0.717) is 19.1 Å². The van der Waals surface area contributed by atoms with Crippen LogP contribution in [0.25, 0.3) is 0 Å². The molecule has 0 saturated carbocycles. The predicted octanol–water partition coefficient (Wildman–Crippen LogP) is 2.76. The van der Waals surface area contributed by atoms with Gasteiger partial charge in [0, 0.05) is 39.2 Å². The first-order chi connectivity index (χ1) is 11.3. The largest absolute Gasteiger partial charge is 0.380 e. The number of likely N-dealkylation sites (tertiary alicyclic amines) is 1. The molecule has 1 saturated heterocycles. The Labute approximate surface area is 162 Å². The summed E-state index contributed by atoms with van der Waals surface area (Å²) in [7, 11) is 1.84. The molecule has 0 aliphatic carbocycles. The summed E-state index contributed by atoms with van der Waals surface area (Å²) < 4.78 is 11.2. The van der Waals surface area contributed by atoms with Gasteiger partial charge in [0.25, 0.3) is 0 Å². The number of benzene rings is 1. The van der Waals surface area contributed by atoms with E-state index in [4.69, 9.17) is 9.47 Å². The second-order valence-electron chi connectivity index (χ2n) is 5.77. The summed E-state index contributed by atoms with van der Waals surface area (Å²) in [4.78, 5) is 6.67. The molecule has 0 amide bonds. The third-order valence-corrected chi connectivity index (χ3v) is 4.00. The van der Waals surface area contributed by atoms with Gasteiger partial charge in [-0.2, -0.15) is 0 Å². The van der Waals surface area contributed by atoms with Crippen molar-refractivity contribution in [1.82, 2.24) is 10.2 Å².